The molecule has 1 unspecified atom stereocenters. The number of halogens is 4. The van der Waals surface area contributed by atoms with Crippen LogP contribution in [0, 0.1) is 10.1 Å². The molecule has 0 aliphatic rings. The van der Waals surface area contributed by atoms with Crippen molar-refractivity contribution in [2.24, 2.45) is 0 Å². The Hall–Kier alpha value is -2.33. The van der Waals surface area contributed by atoms with Gasteiger partial charge in [0, 0.05) is 26.4 Å². The van der Waals surface area contributed by atoms with Gasteiger partial charge in [0.2, 0.25) is 5.75 Å². The molecule has 0 N–H and O–H groups in total. The van der Waals surface area contributed by atoms with Crippen LogP contribution in [0.2, 0.25) is 5.02 Å². The van der Waals surface area contributed by atoms with Gasteiger partial charge in [-0.1, -0.05) is 18.5 Å². The van der Waals surface area contributed by atoms with Crippen molar-refractivity contribution in [1.82, 2.24) is 0 Å². The lowest BCUT2D eigenvalue weighted by Gasteiger charge is -2.24. The van der Waals surface area contributed by atoms with Crippen molar-refractivity contribution < 1.29 is 41.2 Å². The molecule has 0 fully saturated rings. The largest absolute Gasteiger partial charge is 0.470 e. The molecule has 0 heterocycles. The second-order valence-corrected chi connectivity index (χ2v) is 8.81. The summed E-state index contributed by atoms with van der Waals surface area (Å²) in [4.78, 5) is 10.6. The molecule has 0 saturated carbocycles. The molecule has 1 atom stereocenters. The molecule has 0 aliphatic carbocycles. The monoisotopic (exact) mass is 483 g/mol. The molecule has 0 aromatic heterocycles. The third kappa shape index (κ3) is 5.88. The fourth-order valence-corrected chi connectivity index (χ4v) is 4.05. The van der Waals surface area contributed by atoms with Crippen molar-refractivity contribution in [1.29, 1.82) is 0 Å². The van der Waals surface area contributed by atoms with Gasteiger partial charge in [-0.3, -0.25) is 14.7 Å². The Morgan fingerprint density at radius 3 is 2.26 bits per heavy atom. The van der Waals surface area contributed by atoms with E-state index in [2.05, 4.69) is 0 Å². The van der Waals surface area contributed by atoms with Crippen LogP contribution in [0.5, 0.6) is 17.2 Å². The molecular weight excluding hydrogens is 466 g/mol. The smallest absolute Gasteiger partial charge is 0.416 e. The number of rotatable bonds is 9. The molecule has 0 bridgehead atoms. The maximum absolute atomic E-state index is 12.8. The van der Waals surface area contributed by atoms with Gasteiger partial charge < -0.3 is 18.5 Å². The van der Waals surface area contributed by atoms with Gasteiger partial charge in [0.05, 0.1) is 15.5 Å². The maximum Gasteiger partial charge on any atom is 0.416 e. The maximum atomic E-state index is 12.8. The molecule has 2 aromatic rings. The molecule has 13 heteroatoms. The zero-order chi connectivity index (χ0) is 23.4. The van der Waals surface area contributed by atoms with Gasteiger partial charge in [-0.2, -0.15) is 13.2 Å². The quantitative estimate of drug-likeness (QED) is 0.223. The van der Waals surface area contributed by atoms with Crippen LogP contribution in [-0.2, 0) is 19.8 Å². The van der Waals surface area contributed by atoms with Gasteiger partial charge in [0.15, 0.2) is 5.85 Å². The molecule has 0 radical (unpaired) electrons. The Labute approximate surface area is 180 Å². The number of ether oxygens (including phenoxy) is 2. The van der Waals surface area contributed by atoms with Crippen molar-refractivity contribution in [3.8, 4) is 17.2 Å². The molecule has 0 saturated heterocycles. The normalized spacial score (nSPS) is 13.0. The van der Waals surface area contributed by atoms with E-state index in [1.54, 1.807) is 6.92 Å². The van der Waals surface area contributed by atoms with Crippen LogP contribution in [-0.4, -0.2) is 25.0 Å². The van der Waals surface area contributed by atoms with E-state index >= 15 is 0 Å². The molecule has 0 aliphatic heterocycles. The van der Waals surface area contributed by atoms with E-state index in [4.69, 9.17) is 30.1 Å². The van der Waals surface area contributed by atoms with E-state index in [0.717, 1.165) is 38.5 Å². The third-order valence-corrected chi connectivity index (χ3v) is 6.58. The van der Waals surface area contributed by atoms with Crippen molar-refractivity contribution >= 4 is 24.9 Å². The predicted molar refractivity (Wildman–Crippen MR) is 106 cm³/mol. The first-order valence-corrected chi connectivity index (χ1v) is 10.6. The van der Waals surface area contributed by atoms with Gasteiger partial charge >= 0.3 is 19.5 Å². The fourth-order valence-electron chi connectivity index (χ4n) is 2.52. The summed E-state index contributed by atoms with van der Waals surface area (Å²) in [5.41, 5.74) is -1.42. The van der Waals surface area contributed by atoms with Crippen molar-refractivity contribution in [3.05, 3.63) is 57.1 Å². The molecule has 8 nitrogen and oxygen atoms in total. The van der Waals surface area contributed by atoms with Crippen LogP contribution in [0.3, 0.4) is 0 Å². The lowest BCUT2D eigenvalue weighted by Crippen LogP contribution is -2.18. The minimum Gasteiger partial charge on any atom is -0.470 e. The first kappa shape index (κ1) is 24.9. The second-order valence-electron chi connectivity index (χ2n) is 6.02. The van der Waals surface area contributed by atoms with Crippen molar-refractivity contribution in [2.45, 2.75) is 25.4 Å². The second kappa shape index (κ2) is 9.86. The molecule has 2 rings (SSSR count). The van der Waals surface area contributed by atoms with Gasteiger partial charge in [0.1, 0.15) is 11.5 Å². The van der Waals surface area contributed by atoms with Crippen LogP contribution in [0.1, 0.15) is 18.9 Å². The Morgan fingerprint density at radius 1 is 1.13 bits per heavy atom. The number of hydrogen-bond donors (Lipinski definition) is 0. The van der Waals surface area contributed by atoms with Gasteiger partial charge in [-0.15, -0.1) is 0 Å². The number of hydrogen-bond acceptors (Lipinski definition) is 7. The van der Waals surface area contributed by atoms with E-state index in [1.807, 2.05) is 0 Å². The molecule has 0 amide bonds. The van der Waals surface area contributed by atoms with E-state index in [0.29, 0.717) is 6.07 Å². The summed E-state index contributed by atoms with van der Waals surface area (Å²) in [5, 5.41) is 11.0. The first-order valence-electron chi connectivity index (χ1n) is 8.66. The third-order valence-electron chi connectivity index (χ3n) is 4.09. The summed E-state index contributed by atoms with van der Waals surface area (Å²) in [6, 6.07) is 5.91. The standard InChI is InChI=1S/C18H18ClF3NO7P/c1-4-17(31(26,27-2)28-3)30-16-10-12(6-7-14(16)23(24)25)29-15-8-5-11(9-13(15)19)18(20,21)22/h5-10,17H,4H2,1-3H3. The van der Waals surface area contributed by atoms with Crippen molar-refractivity contribution in [3.63, 3.8) is 0 Å². The highest BCUT2D eigenvalue weighted by atomic mass is 35.5. The van der Waals surface area contributed by atoms with Crippen LogP contribution >= 0.6 is 19.2 Å². The first-order chi connectivity index (χ1) is 14.4. The zero-order valence-corrected chi connectivity index (χ0v) is 18.2. The minimum atomic E-state index is -4.58. The minimum absolute atomic E-state index is 0.0122. The topological polar surface area (TPSA) is 97.1 Å². The van der Waals surface area contributed by atoms with Crippen LogP contribution in [0.15, 0.2) is 36.4 Å². The van der Waals surface area contributed by atoms with E-state index < -0.39 is 35.8 Å². The van der Waals surface area contributed by atoms with Gasteiger partial charge in [-0.05, 0) is 30.7 Å². The number of nitrogens with zero attached hydrogens (tertiary/aromatic N) is 1. The average Bonchev–Trinajstić information content (AvgIpc) is 2.72. The summed E-state index contributed by atoms with van der Waals surface area (Å²) in [6.07, 6.45) is -4.45. The summed E-state index contributed by atoms with van der Waals surface area (Å²) in [6.45, 7) is 1.61. The number of benzene rings is 2. The summed E-state index contributed by atoms with van der Waals surface area (Å²) in [7, 11) is -1.43. The Balaban J connectivity index is 2.40. The van der Waals surface area contributed by atoms with Crippen LogP contribution < -0.4 is 9.47 Å². The van der Waals surface area contributed by atoms with Gasteiger partial charge in [-0.25, -0.2) is 0 Å². The molecule has 0 spiro atoms. The summed E-state index contributed by atoms with van der Waals surface area (Å²) in [5.74, 6) is -1.58. The molecule has 170 valence electrons. The highest BCUT2D eigenvalue weighted by molar-refractivity contribution is 7.54. The van der Waals surface area contributed by atoms with Crippen LogP contribution in [0.25, 0.3) is 0 Å². The number of alkyl halides is 3. The highest BCUT2D eigenvalue weighted by Gasteiger charge is 2.36. The average molecular weight is 484 g/mol. The van der Waals surface area contributed by atoms with Gasteiger partial charge in [0.25, 0.3) is 0 Å². The van der Waals surface area contributed by atoms with E-state index in [9.17, 15) is 27.9 Å². The Morgan fingerprint density at radius 2 is 1.77 bits per heavy atom. The van der Waals surface area contributed by atoms with Crippen molar-refractivity contribution in [2.75, 3.05) is 14.2 Å². The van der Waals surface area contributed by atoms with E-state index in [-0.39, 0.29) is 28.7 Å². The highest BCUT2D eigenvalue weighted by Crippen LogP contribution is 2.54. The molecular formula is C18H18ClF3NO7P. The molecule has 2 aromatic carbocycles. The van der Waals surface area contributed by atoms with E-state index in [1.165, 1.54) is 6.07 Å². The predicted octanol–water partition coefficient (Wildman–Crippen LogP) is 6.66. The number of nitro benzene ring substituents is 1. The molecule has 31 heavy (non-hydrogen) atoms. The Kier molecular flexibility index (Phi) is 7.93. The fraction of sp³-hybridized carbons (Fsp3) is 0.333. The number of nitro groups is 1. The summed E-state index contributed by atoms with van der Waals surface area (Å²) >= 11 is 5.88. The lowest BCUT2D eigenvalue weighted by molar-refractivity contribution is -0.386. The SMILES string of the molecule is CCC(Oc1cc(Oc2ccc(C(F)(F)F)cc2Cl)ccc1[N+](=O)[O-])P(=O)(OC)OC. The summed E-state index contributed by atoms with van der Waals surface area (Å²) < 4.78 is 71.8. The Bertz CT molecular complexity index is 995. The zero-order valence-electron chi connectivity index (χ0n) is 16.5. The lowest BCUT2D eigenvalue weighted by atomic mass is 10.2. The van der Waals surface area contributed by atoms with Crippen LogP contribution in [0.4, 0.5) is 18.9 Å².